The number of carbonyl (C=O) groups excluding carboxylic acids is 1. The molecule has 1 N–H and O–H groups in total. The molecule has 1 aromatic heterocycles. The second-order valence-corrected chi connectivity index (χ2v) is 5.74. The Bertz CT molecular complexity index is 514. The van der Waals surface area contributed by atoms with Gasteiger partial charge in [-0.2, -0.15) is 13.2 Å². The summed E-state index contributed by atoms with van der Waals surface area (Å²) in [6.45, 7) is 2.42. The topological polar surface area (TPSA) is 34.0 Å². The number of amides is 1. The van der Waals surface area contributed by atoms with Crippen molar-refractivity contribution in [2.45, 2.75) is 58.2 Å². The molecule has 1 heterocycles. The van der Waals surface area contributed by atoms with Gasteiger partial charge in [-0.05, 0) is 32.8 Å². The van der Waals surface area contributed by atoms with E-state index in [0.29, 0.717) is 11.6 Å². The number of hydrogen-bond acceptors (Lipinski definition) is 1. The van der Waals surface area contributed by atoms with Gasteiger partial charge in [0.2, 0.25) is 0 Å². The molecule has 118 valence electrons. The van der Waals surface area contributed by atoms with Crippen LogP contribution in [0.25, 0.3) is 0 Å². The van der Waals surface area contributed by atoms with Crippen LogP contribution in [0.3, 0.4) is 0 Å². The van der Waals surface area contributed by atoms with E-state index in [4.69, 9.17) is 0 Å². The second-order valence-electron chi connectivity index (χ2n) is 5.74. The highest BCUT2D eigenvalue weighted by molar-refractivity contribution is 5.95. The molecule has 0 unspecified atom stereocenters. The Kier molecular flexibility index (Phi) is 4.64. The molecule has 1 saturated carbocycles. The summed E-state index contributed by atoms with van der Waals surface area (Å²) in [5.41, 5.74) is 2.05. The standard InChI is InChI=1S/C15H21F3N2O/c1-10-8-13(14(21)19-9-15(16,17)18)11(2)20(10)12-6-4-3-5-7-12/h8,12H,3-7,9H2,1-2H3,(H,19,21). The fourth-order valence-corrected chi connectivity index (χ4v) is 3.18. The maximum atomic E-state index is 12.2. The first-order chi connectivity index (χ1) is 9.79. The zero-order chi connectivity index (χ0) is 15.6. The minimum atomic E-state index is -4.38. The van der Waals surface area contributed by atoms with Gasteiger partial charge in [0.05, 0.1) is 5.56 Å². The molecule has 2 rings (SSSR count). The van der Waals surface area contributed by atoms with E-state index in [9.17, 15) is 18.0 Å². The third kappa shape index (κ3) is 3.80. The quantitative estimate of drug-likeness (QED) is 0.902. The molecule has 6 heteroatoms. The lowest BCUT2D eigenvalue weighted by Crippen LogP contribution is -2.34. The van der Waals surface area contributed by atoms with Crippen molar-refractivity contribution in [1.29, 1.82) is 0 Å². The molecule has 1 aliphatic carbocycles. The molecule has 1 amide bonds. The summed E-state index contributed by atoms with van der Waals surface area (Å²) in [5.74, 6) is -0.650. The van der Waals surface area contributed by atoms with E-state index in [1.807, 2.05) is 19.2 Å². The Morgan fingerprint density at radius 2 is 1.90 bits per heavy atom. The molecule has 3 nitrogen and oxygen atoms in total. The second kappa shape index (κ2) is 6.12. The molecule has 0 radical (unpaired) electrons. The van der Waals surface area contributed by atoms with E-state index in [0.717, 1.165) is 37.1 Å². The number of alkyl halides is 3. The number of hydrogen-bond donors (Lipinski definition) is 1. The lowest BCUT2D eigenvalue weighted by atomic mass is 9.95. The highest BCUT2D eigenvalue weighted by Crippen LogP contribution is 2.32. The van der Waals surface area contributed by atoms with Gasteiger partial charge in [0, 0.05) is 17.4 Å². The van der Waals surface area contributed by atoms with Crippen molar-refractivity contribution < 1.29 is 18.0 Å². The molecular weight excluding hydrogens is 281 g/mol. The highest BCUT2D eigenvalue weighted by Gasteiger charge is 2.29. The Morgan fingerprint density at radius 1 is 1.29 bits per heavy atom. The third-order valence-electron chi connectivity index (χ3n) is 4.12. The molecule has 0 aromatic carbocycles. The smallest absolute Gasteiger partial charge is 0.345 e. The van der Waals surface area contributed by atoms with E-state index in [-0.39, 0.29) is 0 Å². The van der Waals surface area contributed by atoms with Crippen molar-refractivity contribution in [3.63, 3.8) is 0 Å². The van der Waals surface area contributed by atoms with Crippen LogP contribution in [0.1, 0.15) is 59.9 Å². The summed E-state index contributed by atoms with van der Waals surface area (Å²) in [4.78, 5) is 11.9. The van der Waals surface area contributed by atoms with Crippen molar-refractivity contribution in [2.24, 2.45) is 0 Å². The SMILES string of the molecule is Cc1cc(C(=O)NCC(F)(F)F)c(C)n1C1CCCCC1. The molecule has 0 aliphatic heterocycles. The van der Waals surface area contributed by atoms with Gasteiger partial charge in [0.1, 0.15) is 6.54 Å². The first-order valence-corrected chi connectivity index (χ1v) is 7.33. The van der Waals surface area contributed by atoms with Gasteiger partial charge in [0.25, 0.3) is 5.91 Å². The first-order valence-electron chi connectivity index (χ1n) is 7.33. The molecule has 1 aromatic rings. The molecule has 21 heavy (non-hydrogen) atoms. The van der Waals surface area contributed by atoms with Gasteiger partial charge >= 0.3 is 6.18 Å². The van der Waals surface area contributed by atoms with Crippen LogP contribution >= 0.6 is 0 Å². The average molecular weight is 302 g/mol. The van der Waals surface area contributed by atoms with Crippen LogP contribution in [0.15, 0.2) is 6.07 Å². The lowest BCUT2D eigenvalue weighted by Gasteiger charge is -2.26. The minimum Gasteiger partial charge on any atom is -0.345 e. The van der Waals surface area contributed by atoms with Crippen molar-refractivity contribution >= 4 is 5.91 Å². The number of halogens is 3. The highest BCUT2D eigenvalue weighted by atomic mass is 19.4. The zero-order valence-electron chi connectivity index (χ0n) is 12.4. The molecule has 0 saturated heterocycles. The summed E-state index contributed by atoms with van der Waals surface area (Å²) in [6, 6.07) is 2.05. The molecular formula is C15H21F3N2O. The maximum Gasteiger partial charge on any atom is 0.405 e. The van der Waals surface area contributed by atoms with Crippen molar-refractivity contribution in [1.82, 2.24) is 9.88 Å². The first kappa shape index (κ1) is 15.9. The summed E-state index contributed by atoms with van der Waals surface area (Å²) >= 11 is 0. The van der Waals surface area contributed by atoms with Crippen LogP contribution in [-0.4, -0.2) is 23.2 Å². The number of aromatic nitrogens is 1. The molecule has 1 fully saturated rings. The van der Waals surface area contributed by atoms with Crippen LogP contribution in [0.5, 0.6) is 0 Å². The van der Waals surface area contributed by atoms with E-state index in [1.165, 1.54) is 6.42 Å². The van der Waals surface area contributed by atoms with Crippen LogP contribution in [-0.2, 0) is 0 Å². The van der Waals surface area contributed by atoms with Crippen LogP contribution in [0.4, 0.5) is 13.2 Å². The largest absolute Gasteiger partial charge is 0.405 e. The van der Waals surface area contributed by atoms with Crippen molar-refractivity contribution in [2.75, 3.05) is 6.54 Å². The van der Waals surface area contributed by atoms with Gasteiger partial charge in [-0.1, -0.05) is 19.3 Å². The Morgan fingerprint density at radius 3 is 2.48 bits per heavy atom. The van der Waals surface area contributed by atoms with E-state index >= 15 is 0 Å². The number of aryl methyl sites for hydroxylation is 1. The van der Waals surface area contributed by atoms with E-state index in [2.05, 4.69) is 4.57 Å². The van der Waals surface area contributed by atoms with E-state index in [1.54, 1.807) is 6.07 Å². The zero-order valence-corrected chi connectivity index (χ0v) is 12.4. The number of nitrogens with one attached hydrogen (secondary N) is 1. The van der Waals surface area contributed by atoms with E-state index < -0.39 is 18.6 Å². The van der Waals surface area contributed by atoms with Crippen molar-refractivity contribution in [3.8, 4) is 0 Å². The number of nitrogens with zero attached hydrogens (tertiary/aromatic N) is 1. The van der Waals surface area contributed by atoms with Gasteiger partial charge in [0.15, 0.2) is 0 Å². The minimum absolute atomic E-state index is 0.349. The monoisotopic (exact) mass is 302 g/mol. The predicted octanol–water partition coefficient (Wildman–Crippen LogP) is 3.90. The number of rotatable bonds is 3. The summed E-state index contributed by atoms with van der Waals surface area (Å²) in [5, 5.41) is 1.95. The molecule has 0 atom stereocenters. The number of carbonyl (C=O) groups is 1. The van der Waals surface area contributed by atoms with Crippen LogP contribution < -0.4 is 5.32 Å². The lowest BCUT2D eigenvalue weighted by molar-refractivity contribution is -0.123. The Hall–Kier alpha value is -1.46. The fourth-order valence-electron chi connectivity index (χ4n) is 3.18. The van der Waals surface area contributed by atoms with Crippen LogP contribution in [0.2, 0.25) is 0 Å². The van der Waals surface area contributed by atoms with Gasteiger partial charge in [-0.3, -0.25) is 4.79 Å². The maximum absolute atomic E-state index is 12.2. The van der Waals surface area contributed by atoms with Crippen molar-refractivity contribution in [3.05, 3.63) is 23.0 Å². The Balaban J connectivity index is 2.16. The fraction of sp³-hybridized carbons (Fsp3) is 0.667. The summed E-state index contributed by atoms with van der Waals surface area (Å²) < 4.78 is 38.7. The average Bonchev–Trinajstić information content (AvgIpc) is 2.71. The van der Waals surface area contributed by atoms with Gasteiger partial charge in [-0.25, -0.2) is 0 Å². The third-order valence-corrected chi connectivity index (χ3v) is 4.12. The molecule has 0 spiro atoms. The normalized spacial score (nSPS) is 17.0. The summed E-state index contributed by atoms with van der Waals surface area (Å²) in [7, 11) is 0. The summed E-state index contributed by atoms with van der Waals surface area (Å²) in [6.07, 6.45) is 1.31. The van der Waals surface area contributed by atoms with Gasteiger partial charge in [-0.15, -0.1) is 0 Å². The molecule has 1 aliphatic rings. The predicted molar refractivity (Wildman–Crippen MR) is 74.4 cm³/mol. The Labute approximate surface area is 122 Å². The van der Waals surface area contributed by atoms with Gasteiger partial charge < -0.3 is 9.88 Å². The molecule has 0 bridgehead atoms. The van der Waals surface area contributed by atoms with Crippen LogP contribution in [0, 0.1) is 13.8 Å².